The largest absolute Gasteiger partial charge is 0.366 e. The van der Waals surface area contributed by atoms with Crippen molar-refractivity contribution in [2.75, 3.05) is 20.1 Å². The molecule has 1 aliphatic rings. The van der Waals surface area contributed by atoms with Crippen LogP contribution in [0.25, 0.3) is 0 Å². The SMILES string of the molecule is CNC1CCCN(S(=O)(=O)c2cc(Br)cc(C(N)=O)c2)C1.Cl. The Morgan fingerprint density at radius 2 is 2.09 bits per heavy atom. The van der Waals surface area contributed by atoms with Crippen LogP contribution in [-0.2, 0) is 10.0 Å². The van der Waals surface area contributed by atoms with Crippen molar-refractivity contribution < 1.29 is 13.2 Å². The summed E-state index contributed by atoms with van der Waals surface area (Å²) in [5.41, 5.74) is 5.41. The highest BCUT2D eigenvalue weighted by atomic mass is 79.9. The number of sulfonamides is 1. The molecule has 0 aromatic heterocycles. The highest BCUT2D eigenvalue weighted by molar-refractivity contribution is 9.10. The standard InChI is InChI=1S/C13H18BrN3O3S.ClH/c1-16-11-3-2-4-17(8-11)21(19,20)12-6-9(13(15)18)5-10(14)7-12;/h5-7,11,16H,2-4,8H2,1H3,(H2,15,18);1H. The van der Waals surface area contributed by atoms with Gasteiger partial charge < -0.3 is 11.1 Å². The first kappa shape index (κ1) is 19.4. The van der Waals surface area contributed by atoms with Crippen molar-refractivity contribution in [3.63, 3.8) is 0 Å². The summed E-state index contributed by atoms with van der Waals surface area (Å²) in [7, 11) is -1.80. The van der Waals surface area contributed by atoms with Gasteiger partial charge in [0.25, 0.3) is 0 Å². The molecule has 2 rings (SSSR count). The van der Waals surface area contributed by atoms with E-state index in [0.29, 0.717) is 17.6 Å². The quantitative estimate of drug-likeness (QED) is 0.780. The number of nitrogens with one attached hydrogen (secondary N) is 1. The number of primary amides is 1. The van der Waals surface area contributed by atoms with Gasteiger partial charge in [-0.25, -0.2) is 8.42 Å². The zero-order chi connectivity index (χ0) is 15.6. The average molecular weight is 413 g/mol. The van der Waals surface area contributed by atoms with Crippen LogP contribution in [0.15, 0.2) is 27.6 Å². The number of carbonyl (C=O) groups is 1. The summed E-state index contributed by atoms with van der Waals surface area (Å²) in [5, 5.41) is 3.11. The zero-order valence-corrected chi connectivity index (χ0v) is 15.3. The van der Waals surface area contributed by atoms with Crippen LogP contribution in [0.1, 0.15) is 23.2 Å². The number of nitrogens with zero attached hydrogens (tertiary/aromatic N) is 1. The minimum atomic E-state index is -3.63. The number of hydrogen-bond donors (Lipinski definition) is 2. The molecule has 1 fully saturated rings. The lowest BCUT2D eigenvalue weighted by Gasteiger charge is -2.31. The molecule has 1 aliphatic heterocycles. The Kier molecular flexibility index (Phi) is 6.82. The lowest BCUT2D eigenvalue weighted by Crippen LogP contribution is -2.46. The van der Waals surface area contributed by atoms with E-state index in [2.05, 4.69) is 21.2 Å². The van der Waals surface area contributed by atoms with Crippen LogP contribution in [-0.4, -0.2) is 44.8 Å². The van der Waals surface area contributed by atoms with Gasteiger partial charge in [0.05, 0.1) is 4.90 Å². The topological polar surface area (TPSA) is 92.5 Å². The Labute approximate surface area is 145 Å². The van der Waals surface area contributed by atoms with E-state index in [1.165, 1.54) is 22.5 Å². The maximum absolute atomic E-state index is 12.7. The molecule has 6 nitrogen and oxygen atoms in total. The number of carbonyl (C=O) groups excluding carboxylic acids is 1. The smallest absolute Gasteiger partial charge is 0.248 e. The van der Waals surface area contributed by atoms with Crippen LogP contribution < -0.4 is 11.1 Å². The molecule has 3 N–H and O–H groups in total. The van der Waals surface area contributed by atoms with E-state index in [1.54, 1.807) is 0 Å². The molecule has 1 aromatic rings. The minimum absolute atomic E-state index is 0. The lowest BCUT2D eigenvalue weighted by molar-refractivity contribution is 0.1000. The van der Waals surface area contributed by atoms with E-state index in [9.17, 15) is 13.2 Å². The third-order valence-corrected chi connectivity index (χ3v) is 5.89. The van der Waals surface area contributed by atoms with Crippen LogP contribution in [0.5, 0.6) is 0 Å². The fourth-order valence-electron chi connectivity index (χ4n) is 2.40. The Hall–Kier alpha value is -0.670. The number of likely N-dealkylation sites (N-methyl/N-ethyl adjacent to an activating group) is 1. The molecule has 124 valence electrons. The first-order valence-electron chi connectivity index (χ1n) is 6.62. The van der Waals surface area contributed by atoms with E-state index >= 15 is 0 Å². The van der Waals surface area contributed by atoms with E-state index in [1.807, 2.05) is 7.05 Å². The molecule has 1 aromatic carbocycles. The van der Waals surface area contributed by atoms with Crippen molar-refractivity contribution in [1.29, 1.82) is 0 Å². The van der Waals surface area contributed by atoms with Gasteiger partial charge >= 0.3 is 0 Å². The van der Waals surface area contributed by atoms with Crippen LogP contribution in [0.4, 0.5) is 0 Å². The molecular formula is C13H19BrClN3O3S. The highest BCUT2D eigenvalue weighted by Crippen LogP contribution is 2.25. The number of nitrogens with two attached hydrogens (primary N) is 1. The Balaban J connectivity index is 0.00000242. The minimum Gasteiger partial charge on any atom is -0.366 e. The second-order valence-corrected chi connectivity index (χ2v) is 7.88. The molecule has 1 atom stereocenters. The van der Waals surface area contributed by atoms with Gasteiger partial charge in [-0.3, -0.25) is 4.79 Å². The van der Waals surface area contributed by atoms with Gasteiger partial charge in [0, 0.05) is 29.2 Å². The van der Waals surface area contributed by atoms with E-state index in [-0.39, 0.29) is 28.9 Å². The summed E-state index contributed by atoms with van der Waals surface area (Å²) < 4.78 is 27.4. The summed E-state index contributed by atoms with van der Waals surface area (Å²) in [6.45, 7) is 0.913. The summed E-state index contributed by atoms with van der Waals surface area (Å²) in [4.78, 5) is 11.4. The van der Waals surface area contributed by atoms with Gasteiger partial charge in [0.15, 0.2) is 0 Å². The molecular weight excluding hydrogens is 394 g/mol. The second kappa shape index (κ2) is 7.74. The molecule has 0 aliphatic carbocycles. The van der Waals surface area contributed by atoms with Crippen LogP contribution in [0.3, 0.4) is 0 Å². The lowest BCUT2D eigenvalue weighted by atomic mass is 10.1. The predicted molar refractivity (Wildman–Crippen MR) is 90.7 cm³/mol. The molecule has 22 heavy (non-hydrogen) atoms. The summed E-state index contributed by atoms with van der Waals surface area (Å²) in [6, 6.07) is 4.47. The third-order valence-electron chi connectivity index (χ3n) is 3.59. The summed E-state index contributed by atoms with van der Waals surface area (Å²) in [5.74, 6) is -0.653. The van der Waals surface area contributed by atoms with Gasteiger partial charge in [0.1, 0.15) is 0 Å². The number of piperidine rings is 1. The Morgan fingerprint density at radius 3 is 2.68 bits per heavy atom. The molecule has 9 heteroatoms. The fraction of sp³-hybridized carbons (Fsp3) is 0.462. The van der Waals surface area contributed by atoms with Crippen molar-refractivity contribution in [2.45, 2.75) is 23.8 Å². The number of benzene rings is 1. The van der Waals surface area contributed by atoms with Crippen LogP contribution in [0, 0.1) is 0 Å². The Morgan fingerprint density at radius 1 is 1.41 bits per heavy atom. The fourth-order valence-corrected chi connectivity index (χ4v) is 4.64. The highest BCUT2D eigenvalue weighted by Gasteiger charge is 2.30. The van der Waals surface area contributed by atoms with Gasteiger partial charge in [-0.05, 0) is 38.1 Å². The molecule has 1 heterocycles. The number of rotatable bonds is 4. The average Bonchev–Trinajstić information content (AvgIpc) is 2.46. The molecule has 1 amide bonds. The van der Waals surface area contributed by atoms with Crippen LogP contribution in [0.2, 0.25) is 0 Å². The molecule has 0 spiro atoms. The Bertz CT molecular complexity index is 654. The summed E-state index contributed by atoms with van der Waals surface area (Å²) >= 11 is 3.22. The van der Waals surface area contributed by atoms with Gasteiger partial charge in [-0.15, -0.1) is 12.4 Å². The van der Waals surface area contributed by atoms with Gasteiger partial charge in [-0.2, -0.15) is 4.31 Å². The molecule has 0 radical (unpaired) electrons. The van der Waals surface area contributed by atoms with Crippen molar-refractivity contribution in [2.24, 2.45) is 5.73 Å². The molecule has 0 bridgehead atoms. The maximum Gasteiger partial charge on any atom is 0.248 e. The zero-order valence-electron chi connectivity index (χ0n) is 12.1. The van der Waals surface area contributed by atoms with Gasteiger partial charge in [0.2, 0.25) is 15.9 Å². The molecule has 1 unspecified atom stereocenters. The molecule has 0 saturated carbocycles. The van der Waals surface area contributed by atoms with Crippen molar-refractivity contribution in [3.8, 4) is 0 Å². The monoisotopic (exact) mass is 411 g/mol. The molecule has 1 saturated heterocycles. The van der Waals surface area contributed by atoms with E-state index in [0.717, 1.165) is 12.8 Å². The van der Waals surface area contributed by atoms with E-state index < -0.39 is 15.9 Å². The third kappa shape index (κ3) is 4.20. The van der Waals surface area contributed by atoms with Crippen molar-refractivity contribution in [3.05, 3.63) is 28.2 Å². The van der Waals surface area contributed by atoms with Crippen molar-refractivity contribution in [1.82, 2.24) is 9.62 Å². The second-order valence-electron chi connectivity index (χ2n) is 5.03. The normalized spacial score (nSPS) is 19.5. The van der Waals surface area contributed by atoms with Crippen LogP contribution >= 0.6 is 28.3 Å². The van der Waals surface area contributed by atoms with Gasteiger partial charge in [-0.1, -0.05) is 15.9 Å². The number of hydrogen-bond acceptors (Lipinski definition) is 4. The van der Waals surface area contributed by atoms with E-state index in [4.69, 9.17) is 5.73 Å². The predicted octanol–water partition coefficient (Wildman–Crippen LogP) is 1.34. The maximum atomic E-state index is 12.7. The number of halogens is 2. The first-order chi connectivity index (χ1) is 9.84. The first-order valence-corrected chi connectivity index (χ1v) is 8.85. The van der Waals surface area contributed by atoms with Crippen molar-refractivity contribution >= 4 is 44.3 Å². The number of amides is 1. The summed E-state index contributed by atoms with van der Waals surface area (Å²) in [6.07, 6.45) is 1.76.